The molecular formula is C12H14N2O4S2. The Hall–Kier alpha value is -1.22. The standard InChI is InChI=1S/C12H14N2O4S2/c15-20(16,14-8-9-2-1-7-17-9)12-4-3-11(19-12)10-5-6-13-18-10/h3-6,9,14H,1-2,7-8H2. The quantitative estimate of drug-likeness (QED) is 0.911. The average Bonchev–Trinajstić information content (AvgIpc) is 3.16. The van der Waals surface area contributed by atoms with E-state index in [1.54, 1.807) is 18.2 Å². The zero-order chi connectivity index (χ0) is 14.0. The van der Waals surface area contributed by atoms with Crippen LogP contribution in [0.15, 0.2) is 33.1 Å². The first-order valence-electron chi connectivity index (χ1n) is 6.27. The number of hydrogen-bond acceptors (Lipinski definition) is 6. The predicted molar refractivity (Wildman–Crippen MR) is 74.0 cm³/mol. The van der Waals surface area contributed by atoms with E-state index in [4.69, 9.17) is 9.26 Å². The van der Waals surface area contributed by atoms with Gasteiger partial charge in [-0.3, -0.25) is 0 Å². The fourth-order valence-electron chi connectivity index (χ4n) is 2.02. The molecular weight excluding hydrogens is 300 g/mol. The average molecular weight is 314 g/mol. The van der Waals surface area contributed by atoms with Crippen LogP contribution >= 0.6 is 11.3 Å². The SMILES string of the molecule is O=S(=O)(NCC1CCCO1)c1ccc(-c2ccno2)s1. The molecule has 1 aliphatic heterocycles. The summed E-state index contributed by atoms with van der Waals surface area (Å²) >= 11 is 1.16. The van der Waals surface area contributed by atoms with Crippen LogP contribution in [0.3, 0.4) is 0 Å². The number of hydrogen-bond donors (Lipinski definition) is 1. The molecule has 0 bridgehead atoms. The summed E-state index contributed by atoms with van der Waals surface area (Å²) in [5.74, 6) is 0.565. The number of nitrogens with one attached hydrogen (secondary N) is 1. The van der Waals surface area contributed by atoms with Crippen LogP contribution in [0.1, 0.15) is 12.8 Å². The molecule has 2 aromatic rings. The lowest BCUT2D eigenvalue weighted by atomic mass is 10.2. The van der Waals surface area contributed by atoms with Crippen molar-refractivity contribution in [3.05, 3.63) is 24.4 Å². The highest BCUT2D eigenvalue weighted by atomic mass is 32.2. The number of rotatable bonds is 5. The van der Waals surface area contributed by atoms with Crippen LogP contribution < -0.4 is 4.72 Å². The van der Waals surface area contributed by atoms with E-state index in [9.17, 15) is 8.42 Å². The van der Waals surface area contributed by atoms with Gasteiger partial charge >= 0.3 is 0 Å². The van der Waals surface area contributed by atoms with Gasteiger partial charge in [0.25, 0.3) is 0 Å². The highest BCUT2D eigenvalue weighted by molar-refractivity contribution is 7.91. The summed E-state index contributed by atoms with van der Waals surface area (Å²) in [6, 6.07) is 4.98. The highest BCUT2D eigenvalue weighted by Gasteiger charge is 2.22. The molecule has 1 aliphatic rings. The summed E-state index contributed by atoms with van der Waals surface area (Å²) in [6.45, 7) is 1.03. The second kappa shape index (κ2) is 5.65. The van der Waals surface area contributed by atoms with E-state index in [2.05, 4.69) is 9.88 Å². The predicted octanol–water partition coefficient (Wildman–Crippen LogP) is 1.86. The van der Waals surface area contributed by atoms with Gasteiger partial charge in [0.05, 0.1) is 17.2 Å². The molecule has 3 heterocycles. The van der Waals surface area contributed by atoms with E-state index in [0.29, 0.717) is 18.9 Å². The fraction of sp³-hybridized carbons (Fsp3) is 0.417. The fourth-order valence-corrected chi connectivity index (χ4v) is 4.39. The molecule has 3 rings (SSSR count). The zero-order valence-electron chi connectivity index (χ0n) is 10.6. The first-order chi connectivity index (χ1) is 9.65. The summed E-state index contributed by atoms with van der Waals surface area (Å²) in [4.78, 5) is 0.736. The molecule has 0 saturated carbocycles. The Labute approximate surface area is 120 Å². The van der Waals surface area contributed by atoms with Crippen molar-refractivity contribution >= 4 is 21.4 Å². The minimum atomic E-state index is -3.49. The molecule has 0 radical (unpaired) electrons. The molecule has 1 saturated heterocycles. The van der Waals surface area contributed by atoms with Gasteiger partial charge < -0.3 is 9.26 Å². The summed E-state index contributed by atoms with van der Waals surface area (Å²) in [7, 11) is -3.49. The normalized spacial score (nSPS) is 19.5. The van der Waals surface area contributed by atoms with Crippen molar-refractivity contribution in [2.24, 2.45) is 0 Å². The molecule has 1 atom stereocenters. The maximum absolute atomic E-state index is 12.2. The summed E-state index contributed by atoms with van der Waals surface area (Å²) in [6.07, 6.45) is 3.40. The molecule has 0 aromatic carbocycles. The number of aromatic nitrogens is 1. The number of sulfonamides is 1. The molecule has 6 nitrogen and oxygen atoms in total. The maximum atomic E-state index is 12.2. The molecule has 1 unspecified atom stereocenters. The smallest absolute Gasteiger partial charge is 0.250 e. The van der Waals surface area contributed by atoms with Gasteiger partial charge in [-0.05, 0) is 25.0 Å². The first kappa shape index (κ1) is 13.7. The van der Waals surface area contributed by atoms with Gasteiger partial charge in [-0.1, -0.05) is 5.16 Å². The summed E-state index contributed by atoms with van der Waals surface area (Å²) in [5.41, 5.74) is 0. The second-order valence-electron chi connectivity index (χ2n) is 4.48. The maximum Gasteiger partial charge on any atom is 0.250 e. The van der Waals surface area contributed by atoms with Gasteiger partial charge in [0.15, 0.2) is 5.76 Å². The molecule has 0 spiro atoms. The van der Waals surface area contributed by atoms with Crippen LogP contribution in [0, 0.1) is 0 Å². The molecule has 0 amide bonds. The van der Waals surface area contributed by atoms with E-state index in [-0.39, 0.29) is 10.3 Å². The van der Waals surface area contributed by atoms with E-state index < -0.39 is 10.0 Å². The lowest BCUT2D eigenvalue weighted by molar-refractivity contribution is 0.114. The van der Waals surface area contributed by atoms with Gasteiger partial charge in [-0.15, -0.1) is 11.3 Å². The lowest BCUT2D eigenvalue weighted by Gasteiger charge is -2.10. The Morgan fingerprint density at radius 2 is 2.30 bits per heavy atom. The lowest BCUT2D eigenvalue weighted by Crippen LogP contribution is -2.31. The van der Waals surface area contributed by atoms with Crippen molar-refractivity contribution in [1.29, 1.82) is 0 Å². The summed E-state index contributed by atoms with van der Waals surface area (Å²) in [5, 5.41) is 3.61. The van der Waals surface area contributed by atoms with Crippen molar-refractivity contribution in [2.75, 3.05) is 13.2 Å². The van der Waals surface area contributed by atoms with Crippen molar-refractivity contribution in [3.8, 4) is 10.6 Å². The number of thiophene rings is 1. The first-order valence-corrected chi connectivity index (χ1v) is 8.57. The van der Waals surface area contributed by atoms with Gasteiger partial charge in [0.2, 0.25) is 10.0 Å². The number of ether oxygens (including phenoxy) is 1. The third kappa shape index (κ3) is 2.93. The topological polar surface area (TPSA) is 81.4 Å². The van der Waals surface area contributed by atoms with Crippen molar-refractivity contribution < 1.29 is 17.7 Å². The van der Waals surface area contributed by atoms with Gasteiger partial charge in [0, 0.05) is 19.2 Å². The Morgan fingerprint density at radius 3 is 3.00 bits per heavy atom. The van der Waals surface area contributed by atoms with Gasteiger partial charge in [-0.25, -0.2) is 13.1 Å². The largest absolute Gasteiger partial charge is 0.377 e. The van der Waals surface area contributed by atoms with E-state index >= 15 is 0 Å². The van der Waals surface area contributed by atoms with Crippen LogP contribution in [-0.2, 0) is 14.8 Å². The van der Waals surface area contributed by atoms with Crippen molar-refractivity contribution in [1.82, 2.24) is 9.88 Å². The molecule has 1 N–H and O–H groups in total. The van der Waals surface area contributed by atoms with Crippen LogP contribution in [0.5, 0.6) is 0 Å². The zero-order valence-corrected chi connectivity index (χ0v) is 12.2. The Kier molecular flexibility index (Phi) is 3.88. The molecule has 20 heavy (non-hydrogen) atoms. The minimum absolute atomic E-state index is 0.0153. The van der Waals surface area contributed by atoms with Crippen LogP contribution in [0.2, 0.25) is 0 Å². The Morgan fingerprint density at radius 1 is 1.40 bits per heavy atom. The molecule has 2 aromatic heterocycles. The molecule has 0 aliphatic carbocycles. The van der Waals surface area contributed by atoms with Gasteiger partial charge in [0.1, 0.15) is 4.21 Å². The van der Waals surface area contributed by atoms with Crippen LogP contribution in [0.25, 0.3) is 10.6 Å². The third-order valence-electron chi connectivity index (χ3n) is 3.05. The Bertz CT molecular complexity index is 657. The minimum Gasteiger partial charge on any atom is -0.377 e. The number of nitrogens with zero attached hydrogens (tertiary/aromatic N) is 1. The monoisotopic (exact) mass is 314 g/mol. The summed E-state index contributed by atoms with van der Waals surface area (Å²) < 4.78 is 37.6. The van der Waals surface area contributed by atoms with E-state index in [1.807, 2.05) is 0 Å². The third-order valence-corrected chi connectivity index (χ3v) is 6.07. The molecule has 1 fully saturated rings. The second-order valence-corrected chi connectivity index (χ2v) is 7.56. The highest BCUT2D eigenvalue weighted by Crippen LogP contribution is 2.30. The molecule has 108 valence electrons. The Balaban J connectivity index is 1.71. The van der Waals surface area contributed by atoms with Crippen LogP contribution in [-0.4, -0.2) is 32.8 Å². The van der Waals surface area contributed by atoms with Crippen LogP contribution in [0.4, 0.5) is 0 Å². The van der Waals surface area contributed by atoms with E-state index in [1.165, 1.54) is 6.20 Å². The van der Waals surface area contributed by atoms with Crippen molar-refractivity contribution in [2.45, 2.75) is 23.2 Å². The van der Waals surface area contributed by atoms with Gasteiger partial charge in [-0.2, -0.15) is 0 Å². The van der Waals surface area contributed by atoms with Crippen molar-refractivity contribution in [3.63, 3.8) is 0 Å². The molecule has 8 heteroatoms. The van der Waals surface area contributed by atoms with E-state index in [0.717, 1.165) is 29.1 Å².